The van der Waals surface area contributed by atoms with Crippen molar-refractivity contribution in [3.63, 3.8) is 0 Å². The number of benzene rings is 1. The molecule has 1 aromatic carbocycles. The van der Waals surface area contributed by atoms with Crippen LogP contribution in [-0.2, 0) is 4.79 Å². The van der Waals surface area contributed by atoms with Crippen molar-refractivity contribution in [1.82, 2.24) is 4.90 Å². The summed E-state index contributed by atoms with van der Waals surface area (Å²) in [5, 5.41) is 0.596. The topological polar surface area (TPSA) is 46.3 Å². The Morgan fingerprint density at radius 2 is 1.89 bits per heavy atom. The molecule has 0 atom stereocenters. The molecule has 1 amide bonds. The van der Waals surface area contributed by atoms with Crippen LogP contribution in [0.1, 0.15) is 27.7 Å². The number of anilines is 1. The number of hydrogen-bond donors (Lipinski definition) is 1. The van der Waals surface area contributed by atoms with Gasteiger partial charge in [0.2, 0.25) is 5.91 Å². The van der Waals surface area contributed by atoms with E-state index in [1.807, 2.05) is 38.7 Å². The zero-order valence-electron chi connectivity index (χ0n) is 11.8. The highest BCUT2D eigenvalue weighted by Crippen LogP contribution is 2.29. The zero-order valence-corrected chi connectivity index (χ0v) is 13.4. The van der Waals surface area contributed by atoms with Gasteiger partial charge in [-0.2, -0.15) is 0 Å². The van der Waals surface area contributed by atoms with Gasteiger partial charge in [0.15, 0.2) is 0 Å². The average molecular weight is 301 g/mol. The molecule has 3 nitrogen and oxygen atoms in total. The lowest BCUT2D eigenvalue weighted by Gasteiger charge is -2.30. The van der Waals surface area contributed by atoms with Gasteiger partial charge in [0.1, 0.15) is 0 Å². The van der Waals surface area contributed by atoms with Gasteiger partial charge in [0, 0.05) is 22.7 Å². The number of nitrogens with two attached hydrogens (primary N) is 1. The van der Waals surface area contributed by atoms with Gasteiger partial charge < -0.3 is 10.6 Å². The number of nitrogens with zero attached hydrogens (tertiary/aromatic N) is 1. The minimum Gasteiger partial charge on any atom is -0.399 e. The van der Waals surface area contributed by atoms with E-state index in [0.29, 0.717) is 16.5 Å². The van der Waals surface area contributed by atoms with E-state index in [9.17, 15) is 4.79 Å². The SMILES string of the molecule is CC(C)N(C(=O)CSc1ccc(N)cc1Cl)C(C)C. The first-order chi connectivity index (χ1) is 8.82. The summed E-state index contributed by atoms with van der Waals surface area (Å²) < 4.78 is 0. The standard InChI is InChI=1S/C14H21ClN2OS/c1-9(2)17(10(3)4)14(18)8-19-13-6-5-11(16)7-12(13)15/h5-7,9-10H,8,16H2,1-4H3. The number of carbonyl (C=O) groups is 1. The van der Waals surface area contributed by atoms with Gasteiger partial charge in [0.25, 0.3) is 0 Å². The highest BCUT2D eigenvalue weighted by Gasteiger charge is 2.20. The van der Waals surface area contributed by atoms with Crippen LogP contribution in [0.3, 0.4) is 0 Å². The number of rotatable bonds is 5. The lowest BCUT2D eigenvalue weighted by atomic mass is 10.2. The molecule has 0 unspecified atom stereocenters. The fourth-order valence-electron chi connectivity index (χ4n) is 2.02. The van der Waals surface area contributed by atoms with Gasteiger partial charge in [-0.3, -0.25) is 4.79 Å². The first-order valence-electron chi connectivity index (χ1n) is 6.32. The summed E-state index contributed by atoms with van der Waals surface area (Å²) in [6.45, 7) is 8.11. The van der Waals surface area contributed by atoms with Crippen LogP contribution in [-0.4, -0.2) is 28.6 Å². The minimum atomic E-state index is 0.128. The third-order valence-corrected chi connectivity index (χ3v) is 4.19. The van der Waals surface area contributed by atoms with Crippen molar-refractivity contribution in [2.75, 3.05) is 11.5 Å². The molecule has 0 fully saturated rings. The van der Waals surface area contributed by atoms with Crippen LogP contribution < -0.4 is 5.73 Å². The van der Waals surface area contributed by atoms with E-state index in [1.54, 1.807) is 12.1 Å². The summed E-state index contributed by atoms with van der Waals surface area (Å²) >= 11 is 7.54. The maximum Gasteiger partial charge on any atom is 0.233 e. The number of amides is 1. The maximum atomic E-state index is 12.2. The molecule has 0 aliphatic heterocycles. The van der Waals surface area contributed by atoms with Crippen molar-refractivity contribution in [2.45, 2.75) is 44.7 Å². The number of nitrogen functional groups attached to an aromatic ring is 1. The van der Waals surface area contributed by atoms with Crippen LogP contribution in [0.15, 0.2) is 23.1 Å². The highest BCUT2D eigenvalue weighted by atomic mass is 35.5. The molecule has 0 aliphatic rings. The van der Waals surface area contributed by atoms with Crippen molar-refractivity contribution < 1.29 is 4.79 Å². The van der Waals surface area contributed by atoms with Crippen molar-refractivity contribution in [3.05, 3.63) is 23.2 Å². The molecule has 0 aromatic heterocycles. The van der Waals surface area contributed by atoms with E-state index in [1.165, 1.54) is 11.8 Å². The summed E-state index contributed by atoms with van der Waals surface area (Å²) in [4.78, 5) is 15.0. The first-order valence-corrected chi connectivity index (χ1v) is 7.68. The molecule has 0 radical (unpaired) electrons. The second-order valence-electron chi connectivity index (χ2n) is 4.97. The predicted octanol–water partition coefficient (Wildman–Crippen LogP) is 3.66. The van der Waals surface area contributed by atoms with E-state index in [0.717, 1.165) is 4.90 Å². The van der Waals surface area contributed by atoms with Gasteiger partial charge in [-0.25, -0.2) is 0 Å². The normalized spacial score (nSPS) is 11.1. The molecule has 5 heteroatoms. The van der Waals surface area contributed by atoms with E-state index < -0.39 is 0 Å². The molecule has 0 bridgehead atoms. The fourth-order valence-corrected chi connectivity index (χ4v) is 3.16. The molecular weight excluding hydrogens is 280 g/mol. The molecule has 19 heavy (non-hydrogen) atoms. The van der Waals surface area contributed by atoms with Crippen LogP contribution in [0.2, 0.25) is 5.02 Å². The molecule has 2 N–H and O–H groups in total. The molecule has 0 saturated heterocycles. The Kier molecular flexibility index (Phi) is 6.01. The summed E-state index contributed by atoms with van der Waals surface area (Å²) in [5.74, 6) is 0.517. The molecule has 1 aromatic rings. The molecule has 0 aliphatic carbocycles. The first kappa shape index (κ1) is 16.2. The highest BCUT2D eigenvalue weighted by molar-refractivity contribution is 8.00. The van der Waals surface area contributed by atoms with Crippen molar-refractivity contribution in [3.8, 4) is 0 Å². The monoisotopic (exact) mass is 300 g/mol. The Morgan fingerprint density at radius 1 is 1.32 bits per heavy atom. The zero-order chi connectivity index (χ0) is 14.6. The second-order valence-corrected chi connectivity index (χ2v) is 6.39. The summed E-state index contributed by atoms with van der Waals surface area (Å²) in [5.41, 5.74) is 6.27. The van der Waals surface area contributed by atoms with Crippen molar-refractivity contribution in [2.24, 2.45) is 0 Å². The summed E-state index contributed by atoms with van der Waals surface area (Å²) in [6.07, 6.45) is 0. The van der Waals surface area contributed by atoms with E-state index in [-0.39, 0.29) is 18.0 Å². The Labute approximate surface area is 124 Å². The van der Waals surface area contributed by atoms with Crippen molar-refractivity contribution >= 4 is 35.0 Å². The average Bonchev–Trinajstić information content (AvgIpc) is 2.26. The van der Waals surface area contributed by atoms with Gasteiger partial charge >= 0.3 is 0 Å². The maximum absolute atomic E-state index is 12.2. The number of halogens is 1. The van der Waals surface area contributed by atoms with Crippen LogP contribution in [0.25, 0.3) is 0 Å². The van der Waals surface area contributed by atoms with Gasteiger partial charge in [0.05, 0.1) is 10.8 Å². The molecule has 1 rings (SSSR count). The van der Waals surface area contributed by atoms with E-state index in [2.05, 4.69) is 0 Å². The molecule has 0 spiro atoms. The predicted molar refractivity (Wildman–Crippen MR) is 83.7 cm³/mol. The van der Waals surface area contributed by atoms with Gasteiger partial charge in [-0.1, -0.05) is 11.6 Å². The Hall–Kier alpha value is -0.870. The second kappa shape index (κ2) is 7.06. The summed E-state index contributed by atoms with van der Waals surface area (Å²) in [7, 11) is 0. The number of hydrogen-bond acceptors (Lipinski definition) is 3. The molecular formula is C14H21ClN2OS. The van der Waals surface area contributed by atoms with Gasteiger partial charge in [-0.15, -0.1) is 11.8 Å². The lowest BCUT2D eigenvalue weighted by molar-refractivity contribution is -0.131. The van der Waals surface area contributed by atoms with Crippen LogP contribution in [0.4, 0.5) is 5.69 Å². The number of carbonyl (C=O) groups excluding carboxylic acids is 1. The summed E-state index contributed by atoms with van der Waals surface area (Å²) in [6, 6.07) is 5.76. The van der Waals surface area contributed by atoms with E-state index >= 15 is 0 Å². The Morgan fingerprint density at radius 3 is 2.37 bits per heavy atom. The smallest absolute Gasteiger partial charge is 0.233 e. The minimum absolute atomic E-state index is 0.128. The van der Waals surface area contributed by atoms with E-state index in [4.69, 9.17) is 17.3 Å². The molecule has 106 valence electrons. The van der Waals surface area contributed by atoms with Crippen molar-refractivity contribution in [1.29, 1.82) is 0 Å². The third-order valence-electron chi connectivity index (χ3n) is 2.71. The number of thioether (sulfide) groups is 1. The van der Waals surface area contributed by atoms with Crippen LogP contribution in [0, 0.1) is 0 Å². The molecule has 0 heterocycles. The quantitative estimate of drug-likeness (QED) is 0.667. The largest absolute Gasteiger partial charge is 0.399 e. The van der Waals surface area contributed by atoms with Crippen LogP contribution >= 0.6 is 23.4 Å². The Balaban J connectivity index is 2.67. The Bertz CT molecular complexity index is 441. The van der Waals surface area contributed by atoms with Crippen LogP contribution in [0.5, 0.6) is 0 Å². The lowest BCUT2D eigenvalue weighted by Crippen LogP contribution is -2.43. The fraction of sp³-hybridized carbons (Fsp3) is 0.500. The third kappa shape index (κ3) is 4.62. The molecule has 0 saturated carbocycles. The van der Waals surface area contributed by atoms with Gasteiger partial charge in [-0.05, 0) is 45.9 Å².